The Balaban J connectivity index is 1.52. The predicted octanol–water partition coefficient (Wildman–Crippen LogP) is 3.06. The Morgan fingerprint density at radius 1 is 0.759 bits per heavy atom. The maximum absolute atomic E-state index is 11.9. The van der Waals surface area contributed by atoms with E-state index in [0.29, 0.717) is 24.5 Å². The lowest BCUT2D eigenvalue weighted by atomic mass is 10.1. The van der Waals surface area contributed by atoms with Gasteiger partial charge in [0.05, 0.1) is 6.54 Å². The minimum absolute atomic E-state index is 0.188. The molecular formula is C23H22N2O4. The van der Waals surface area contributed by atoms with Gasteiger partial charge in [0, 0.05) is 11.6 Å². The number of hydrogen-bond donors (Lipinski definition) is 2. The highest BCUT2D eigenvalue weighted by atomic mass is 16.5. The first-order valence-corrected chi connectivity index (χ1v) is 9.15. The van der Waals surface area contributed by atoms with E-state index in [9.17, 15) is 9.59 Å². The van der Waals surface area contributed by atoms with Crippen LogP contribution in [-0.4, -0.2) is 18.4 Å². The third kappa shape index (κ3) is 6.39. The third-order valence-corrected chi connectivity index (χ3v) is 4.10. The molecule has 6 nitrogen and oxygen atoms in total. The predicted molar refractivity (Wildman–Crippen MR) is 110 cm³/mol. The second-order valence-corrected chi connectivity index (χ2v) is 6.38. The molecule has 0 saturated carbocycles. The highest BCUT2D eigenvalue weighted by Crippen LogP contribution is 2.21. The monoisotopic (exact) mass is 390 g/mol. The zero-order chi connectivity index (χ0) is 20.5. The Bertz CT molecular complexity index is 956. The van der Waals surface area contributed by atoms with Crippen LogP contribution in [0.1, 0.15) is 21.5 Å². The normalized spacial score (nSPS) is 10.2. The van der Waals surface area contributed by atoms with E-state index in [2.05, 4.69) is 5.32 Å². The van der Waals surface area contributed by atoms with E-state index in [-0.39, 0.29) is 12.5 Å². The van der Waals surface area contributed by atoms with Gasteiger partial charge in [-0.15, -0.1) is 0 Å². The van der Waals surface area contributed by atoms with Crippen LogP contribution >= 0.6 is 0 Å². The van der Waals surface area contributed by atoms with Crippen molar-refractivity contribution in [1.29, 1.82) is 0 Å². The largest absolute Gasteiger partial charge is 0.489 e. The molecule has 3 aromatic rings. The fraction of sp³-hybridized carbons (Fsp3) is 0.130. The van der Waals surface area contributed by atoms with E-state index >= 15 is 0 Å². The molecule has 0 bridgehead atoms. The standard InChI is InChI=1S/C23H22N2O4/c24-22(26)14-25-23(27)19-11-9-18(10-12-19)16-29-21-8-4-7-20(13-21)28-15-17-5-2-1-3-6-17/h1-13H,14-16H2,(H2,24,26)(H,25,27). The lowest BCUT2D eigenvalue weighted by Gasteiger charge is -2.10. The minimum atomic E-state index is -0.585. The first-order valence-electron chi connectivity index (χ1n) is 9.15. The third-order valence-electron chi connectivity index (χ3n) is 4.10. The highest BCUT2D eigenvalue weighted by molar-refractivity contribution is 5.96. The van der Waals surface area contributed by atoms with Crippen LogP contribution in [0.4, 0.5) is 0 Å². The van der Waals surface area contributed by atoms with E-state index < -0.39 is 5.91 Å². The van der Waals surface area contributed by atoms with Gasteiger partial charge in [0.15, 0.2) is 0 Å². The zero-order valence-electron chi connectivity index (χ0n) is 15.8. The molecule has 0 aromatic heterocycles. The van der Waals surface area contributed by atoms with E-state index in [1.807, 2.05) is 54.6 Å². The summed E-state index contributed by atoms with van der Waals surface area (Å²) >= 11 is 0. The first-order chi connectivity index (χ1) is 14.1. The number of rotatable bonds is 9. The van der Waals surface area contributed by atoms with Crippen molar-refractivity contribution >= 4 is 11.8 Å². The zero-order valence-corrected chi connectivity index (χ0v) is 15.8. The van der Waals surface area contributed by atoms with Gasteiger partial charge >= 0.3 is 0 Å². The van der Waals surface area contributed by atoms with Crippen LogP contribution in [0.15, 0.2) is 78.9 Å². The quantitative estimate of drug-likeness (QED) is 0.588. The van der Waals surface area contributed by atoms with Gasteiger partial charge in [-0.05, 0) is 35.4 Å². The summed E-state index contributed by atoms with van der Waals surface area (Å²) in [4.78, 5) is 22.6. The number of ether oxygens (including phenoxy) is 2. The first kappa shape index (κ1) is 19.9. The van der Waals surface area contributed by atoms with Crippen molar-refractivity contribution < 1.29 is 19.1 Å². The van der Waals surface area contributed by atoms with E-state index in [4.69, 9.17) is 15.2 Å². The number of amides is 2. The lowest BCUT2D eigenvalue weighted by Crippen LogP contribution is -2.33. The number of nitrogens with one attached hydrogen (secondary N) is 1. The van der Waals surface area contributed by atoms with Crippen molar-refractivity contribution in [3.05, 3.63) is 95.6 Å². The van der Waals surface area contributed by atoms with Crippen LogP contribution in [0.5, 0.6) is 11.5 Å². The Labute approximate surface area is 169 Å². The van der Waals surface area contributed by atoms with Gasteiger partial charge in [0.25, 0.3) is 5.91 Å². The van der Waals surface area contributed by atoms with E-state index in [1.54, 1.807) is 24.3 Å². The van der Waals surface area contributed by atoms with Crippen LogP contribution in [0.25, 0.3) is 0 Å². The molecule has 0 unspecified atom stereocenters. The smallest absolute Gasteiger partial charge is 0.251 e. The van der Waals surface area contributed by atoms with Gasteiger partial charge in [-0.1, -0.05) is 48.5 Å². The average Bonchev–Trinajstić information content (AvgIpc) is 2.76. The summed E-state index contributed by atoms with van der Waals surface area (Å²) < 4.78 is 11.6. The maximum atomic E-state index is 11.9. The van der Waals surface area contributed by atoms with E-state index in [1.165, 1.54) is 0 Å². The van der Waals surface area contributed by atoms with Crippen LogP contribution in [-0.2, 0) is 18.0 Å². The Morgan fingerprint density at radius 3 is 1.93 bits per heavy atom. The summed E-state index contributed by atoms with van der Waals surface area (Å²) in [6.45, 7) is 0.654. The van der Waals surface area contributed by atoms with Gasteiger partial charge in [0.2, 0.25) is 5.91 Å². The summed E-state index contributed by atoms with van der Waals surface area (Å²) in [5.41, 5.74) is 7.47. The molecule has 3 aromatic carbocycles. The molecule has 0 saturated heterocycles. The molecule has 2 amide bonds. The number of carbonyl (C=O) groups excluding carboxylic acids is 2. The molecule has 0 fully saturated rings. The fourth-order valence-electron chi connectivity index (χ4n) is 2.58. The Morgan fingerprint density at radius 2 is 1.34 bits per heavy atom. The Hall–Kier alpha value is -3.80. The van der Waals surface area contributed by atoms with Crippen LogP contribution < -0.4 is 20.5 Å². The molecule has 0 radical (unpaired) electrons. The molecule has 0 aliphatic carbocycles. The minimum Gasteiger partial charge on any atom is -0.489 e. The fourth-order valence-corrected chi connectivity index (χ4v) is 2.58. The summed E-state index contributed by atoms with van der Waals surface area (Å²) in [7, 11) is 0. The molecule has 0 spiro atoms. The van der Waals surface area contributed by atoms with E-state index in [0.717, 1.165) is 16.9 Å². The highest BCUT2D eigenvalue weighted by Gasteiger charge is 2.06. The molecule has 6 heteroatoms. The lowest BCUT2D eigenvalue weighted by molar-refractivity contribution is -0.117. The molecule has 29 heavy (non-hydrogen) atoms. The molecule has 3 rings (SSSR count). The van der Waals surface area contributed by atoms with Gasteiger partial charge < -0.3 is 20.5 Å². The molecule has 148 valence electrons. The molecular weight excluding hydrogens is 368 g/mol. The SMILES string of the molecule is NC(=O)CNC(=O)c1ccc(COc2cccc(OCc3ccccc3)c2)cc1. The second-order valence-electron chi connectivity index (χ2n) is 6.38. The summed E-state index contributed by atoms with van der Waals surface area (Å²) in [6.07, 6.45) is 0. The molecule has 0 atom stereocenters. The van der Waals surface area contributed by atoms with Crippen molar-refractivity contribution in [2.24, 2.45) is 5.73 Å². The molecule has 0 aliphatic heterocycles. The second kappa shape index (κ2) is 9.94. The Kier molecular flexibility index (Phi) is 6.84. The average molecular weight is 390 g/mol. The summed E-state index contributed by atoms with van der Waals surface area (Å²) in [5, 5.41) is 2.45. The van der Waals surface area contributed by atoms with Gasteiger partial charge in [-0.3, -0.25) is 9.59 Å². The number of benzene rings is 3. The number of carbonyl (C=O) groups is 2. The number of nitrogens with two attached hydrogens (primary N) is 1. The van der Waals surface area contributed by atoms with Crippen molar-refractivity contribution in [2.75, 3.05) is 6.54 Å². The molecule has 0 aliphatic rings. The van der Waals surface area contributed by atoms with Crippen molar-refractivity contribution in [3.63, 3.8) is 0 Å². The topological polar surface area (TPSA) is 90.7 Å². The molecule has 0 heterocycles. The number of primary amides is 1. The summed E-state index contributed by atoms with van der Waals surface area (Å²) in [5.74, 6) is 0.490. The van der Waals surface area contributed by atoms with Crippen molar-refractivity contribution in [1.82, 2.24) is 5.32 Å². The van der Waals surface area contributed by atoms with Crippen LogP contribution in [0.3, 0.4) is 0 Å². The molecule has 3 N–H and O–H groups in total. The van der Waals surface area contributed by atoms with Gasteiger partial charge in [-0.2, -0.15) is 0 Å². The maximum Gasteiger partial charge on any atom is 0.251 e. The number of hydrogen-bond acceptors (Lipinski definition) is 4. The van der Waals surface area contributed by atoms with Crippen molar-refractivity contribution in [3.8, 4) is 11.5 Å². The van der Waals surface area contributed by atoms with Crippen LogP contribution in [0.2, 0.25) is 0 Å². The van der Waals surface area contributed by atoms with Gasteiger partial charge in [0.1, 0.15) is 24.7 Å². The van der Waals surface area contributed by atoms with Gasteiger partial charge in [-0.25, -0.2) is 0 Å². The van der Waals surface area contributed by atoms with Crippen molar-refractivity contribution in [2.45, 2.75) is 13.2 Å². The van der Waals surface area contributed by atoms with Crippen LogP contribution in [0, 0.1) is 0 Å². The summed E-state index contributed by atoms with van der Waals surface area (Å²) in [6, 6.07) is 24.4.